The first-order chi connectivity index (χ1) is 14.1. The van der Waals surface area contributed by atoms with Crippen molar-refractivity contribution in [2.24, 2.45) is 0 Å². The van der Waals surface area contributed by atoms with Crippen LogP contribution in [0.4, 0.5) is 0 Å². The van der Waals surface area contributed by atoms with Gasteiger partial charge in [-0.1, -0.05) is 48.5 Å². The summed E-state index contributed by atoms with van der Waals surface area (Å²) in [5, 5.41) is 0. The molecule has 156 valence electrons. The molecule has 1 fully saturated rings. The summed E-state index contributed by atoms with van der Waals surface area (Å²) in [5.74, 6) is 0.493. The molecule has 0 saturated carbocycles. The number of hydrogen-bond donors (Lipinski definition) is 1. The van der Waals surface area contributed by atoms with Crippen molar-refractivity contribution in [2.75, 3.05) is 6.61 Å². The maximum Gasteiger partial charge on any atom is 0.365 e. The summed E-state index contributed by atoms with van der Waals surface area (Å²) in [4.78, 5) is 12.3. The van der Waals surface area contributed by atoms with Gasteiger partial charge in [-0.3, -0.25) is 0 Å². The molecule has 0 spiro atoms. The number of rotatable bonds is 7. The second-order valence-corrected chi connectivity index (χ2v) is 7.66. The van der Waals surface area contributed by atoms with Crippen molar-refractivity contribution in [3.05, 3.63) is 66.2 Å². The molecule has 1 saturated heterocycles. The highest BCUT2D eigenvalue weighted by Gasteiger charge is 2.35. The molecule has 1 heterocycles. The zero-order valence-electron chi connectivity index (χ0n) is 17.2. The normalized spacial score (nSPS) is 25.4. The average molecular weight is 399 g/mol. The Hall–Kier alpha value is -2.37. The Balaban J connectivity index is 1.65. The lowest BCUT2D eigenvalue weighted by molar-refractivity contribution is -0.410. The Morgan fingerprint density at radius 1 is 1.03 bits per heavy atom. The number of quaternary nitrogens is 1. The van der Waals surface area contributed by atoms with Crippen LogP contribution in [0.3, 0.4) is 0 Å². The molecule has 4 atom stereocenters. The number of carbonyl (C=O) groups is 1. The minimum Gasteiger partial charge on any atom is -0.484 e. The van der Waals surface area contributed by atoms with Crippen LogP contribution in [-0.2, 0) is 20.7 Å². The molecule has 2 aromatic rings. The third-order valence-electron chi connectivity index (χ3n) is 5.31. The monoisotopic (exact) mass is 398 g/mol. The van der Waals surface area contributed by atoms with Crippen LogP contribution in [0, 0.1) is 0 Å². The average Bonchev–Trinajstić information content (AvgIpc) is 2.78. The summed E-state index contributed by atoms with van der Waals surface area (Å²) in [6, 6.07) is 19.7. The van der Waals surface area contributed by atoms with Crippen LogP contribution in [0.15, 0.2) is 60.7 Å². The predicted octanol–water partition coefficient (Wildman–Crippen LogP) is 3.18. The molecule has 0 bridgehead atoms. The largest absolute Gasteiger partial charge is 0.484 e. The van der Waals surface area contributed by atoms with Crippen molar-refractivity contribution in [3.8, 4) is 5.75 Å². The van der Waals surface area contributed by atoms with E-state index in [-0.39, 0.29) is 24.2 Å². The highest BCUT2D eigenvalue weighted by Crippen LogP contribution is 2.23. The molecule has 29 heavy (non-hydrogen) atoms. The second-order valence-electron chi connectivity index (χ2n) is 7.66. The fourth-order valence-electron chi connectivity index (χ4n) is 3.66. The van der Waals surface area contributed by atoms with Crippen LogP contribution in [0.2, 0.25) is 0 Å². The van der Waals surface area contributed by atoms with E-state index in [0.717, 1.165) is 31.4 Å². The smallest absolute Gasteiger partial charge is 0.365 e. The number of para-hydroxylation sites is 1. The molecular weight excluding hydrogens is 366 g/mol. The van der Waals surface area contributed by atoms with E-state index in [9.17, 15) is 4.79 Å². The molecule has 0 aromatic heterocycles. The number of esters is 1. The van der Waals surface area contributed by atoms with Crippen LogP contribution in [-0.4, -0.2) is 36.9 Å². The number of benzene rings is 2. The number of cyclic esters (lactones) is 1. The van der Waals surface area contributed by atoms with Gasteiger partial charge in [0.05, 0.1) is 6.10 Å². The topological polar surface area (TPSA) is 72.4 Å². The third kappa shape index (κ3) is 6.58. The Bertz CT molecular complexity index is 737. The van der Waals surface area contributed by atoms with E-state index < -0.39 is 6.10 Å². The number of carbonyl (C=O) groups excluding carboxylic acids is 1. The predicted molar refractivity (Wildman–Crippen MR) is 111 cm³/mol. The Labute approximate surface area is 173 Å². The fraction of sp³-hybridized carbons (Fsp3) is 0.458. The van der Waals surface area contributed by atoms with Crippen LogP contribution in [0.1, 0.15) is 38.2 Å². The third-order valence-corrected chi connectivity index (χ3v) is 5.31. The van der Waals surface area contributed by atoms with E-state index in [4.69, 9.17) is 14.2 Å². The van der Waals surface area contributed by atoms with Gasteiger partial charge in [0.2, 0.25) is 0 Å². The summed E-state index contributed by atoms with van der Waals surface area (Å²) < 4.78 is 18.2. The fourth-order valence-corrected chi connectivity index (χ4v) is 3.66. The molecule has 3 rings (SSSR count). The highest BCUT2D eigenvalue weighted by molar-refractivity contribution is 5.74. The van der Waals surface area contributed by atoms with Crippen LogP contribution in [0.25, 0.3) is 0 Å². The van der Waals surface area contributed by atoms with Gasteiger partial charge >= 0.3 is 5.97 Å². The van der Waals surface area contributed by atoms with Crippen molar-refractivity contribution in [1.82, 2.24) is 0 Å². The molecular formula is C24H32NO4+. The molecule has 1 aliphatic heterocycles. The van der Waals surface area contributed by atoms with Gasteiger partial charge in [0.25, 0.3) is 0 Å². The molecule has 5 nitrogen and oxygen atoms in total. The first-order valence-corrected chi connectivity index (χ1v) is 10.5. The molecule has 2 aromatic carbocycles. The maximum atomic E-state index is 12.3. The van der Waals surface area contributed by atoms with Crippen molar-refractivity contribution in [1.29, 1.82) is 0 Å². The van der Waals surface area contributed by atoms with E-state index in [1.54, 1.807) is 0 Å². The number of hydrogen-bond acceptors (Lipinski definition) is 4. The first-order valence-electron chi connectivity index (χ1n) is 10.5. The van der Waals surface area contributed by atoms with Gasteiger partial charge in [-0.15, -0.1) is 0 Å². The minimum atomic E-state index is -0.413. The Morgan fingerprint density at radius 2 is 1.72 bits per heavy atom. The summed E-state index contributed by atoms with van der Waals surface area (Å²) in [7, 11) is 0. The maximum absolute atomic E-state index is 12.3. The molecule has 0 amide bonds. The standard InChI is InChI=1S/C24H31NO4/c1-18-23(29-20-13-6-3-7-14-20)22(16-8-15-21(25)24(26)28-18)27-17-9-12-19-10-4-2-5-11-19/h2-7,10-11,13-14,18,21-23H,8-9,12,15-17,25H2,1H3/p+1/t18-,21-,22-,23-/m0/s1. The van der Waals surface area contributed by atoms with Crippen LogP contribution >= 0.6 is 0 Å². The van der Waals surface area contributed by atoms with Gasteiger partial charge in [0.15, 0.2) is 12.1 Å². The van der Waals surface area contributed by atoms with Crippen molar-refractivity contribution in [3.63, 3.8) is 0 Å². The molecule has 0 unspecified atom stereocenters. The van der Waals surface area contributed by atoms with Crippen LogP contribution < -0.4 is 10.5 Å². The molecule has 0 aliphatic carbocycles. The summed E-state index contributed by atoms with van der Waals surface area (Å²) in [6.45, 7) is 2.52. The molecule has 1 aliphatic rings. The van der Waals surface area contributed by atoms with Gasteiger partial charge in [0.1, 0.15) is 11.9 Å². The zero-order valence-corrected chi connectivity index (χ0v) is 17.2. The van der Waals surface area contributed by atoms with Crippen molar-refractivity contribution in [2.45, 2.75) is 63.4 Å². The van der Waals surface area contributed by atoms with Gasteiger partial charge < -0.3 is 19.9 Å². The second kappa shape index (κ2) is 11.0. The Kier molecular flexibility index (Phi) is 8.08. The van der Waals surface area contributed by atoms with Gasteiger partial charge in [-0.25, -0.2) is 4.79 Å². The van der Waals surface area contributed by atoms with Crippen molar-refractivity contribution >= 4 is 5.97 Å². The number of aryl methyl sites for hydroxylation is 1. The molecule has 5 heteroatoms. The van der Waals surface area contributed by atoms with Gasteiger partial charge in [-0.05, 0) is 50.3 Å². The van der Waals surface area contributed by atoms with E-state index in [1.807, 2.05) is 43.3 Å². The first kappa shape index (κ1) is 21.3. The minimum absolute atomic E-state index is 0.140. The van der Waals surface area contributed by atoms with Crippen molar-refractivity contribution < 1.29 is 24.7 Å². The number of ether oxygens (including phenoxy) is 3. The molecule has 0 radical (unpaired) electrons. The zero-order chi connectivity index (χ0) is 20.5. The summed E-state index contributed by atoms with van der Waals surface area (Å²) >= 11 is 0. The van der Waals surface area contributed by atoms with E-state index >= 15 is 0 Å². The summed E-state index contributed by atoms with van der Waals surface area (Å²) in [6.07, 6.45) is 3.37. The van der Waals surface area contributed by atoms with E-state index in [1.165, 1.54) is 5.56 Å². The van der Waals surface area contributed by atoms with Gasteiger partial charge in [0, 0.05) is 13.0 Å². The van der Waals surface area contributed by atoms with E-state index in [2.05, 4.69) is 30.0 Å². The summed E-state index contributed by atoms with van der Waals surface area (Å²) in [5.41, 5.74) is 5.25. The lowest BCUT2D eigenvalue weighted by Gasteiger charge is -2.31. The lowest BCUT2D eigenvalue weighted by atomic mass is 10.0. The SMILES string of the molecule is C[C@@H]1OC(=O)[C@@H]([NH3+])CCC[C@H](OCCCc2ccccc2)[C@H]1Oc1ccccc1. The highest BCUT2D eigenvalue weighted by atomic mass is 16.6. The Morgan fingerprint density at radius 3 is 2.45 bits per heavy atom. The lowest BCUT2D eigenvalue weighted by Crippen LogP contribution is -2.65. The quantitative estimate of drug-likeness (QED) is 0.574. The van der Waals surface area contributed by atoms with E-state index in [0.29, 0.717) is 13.0 Å². The van der Waals surface area contributed by atoms with Crippen LogP contribution in [0.5, 0.6) is 5.75 Å². The molecule has 3 N–H and O–H groups in total. The van der Waals surface area contributed by atoms with Gasteiger partial charge in [-0.2, -0.15) is 0 Å².